The van der Waals surface area contributed by atoms with Gasteiger partial charge in [0.2, 0.25) is 5.82 Å². The van der Waals surface area contributed by atoms with Gasteiger partial charge in [-0.2, -0.15) is 4.98 Å². The van der Waals surface area contributed by atoms with Crippen molar-refractivity contribution in [1.29, 1.82) is 0 Å². The summed E-state index contributed by atoms with van der Waals surface area (Å²) < 4.78 is 17.8. The molecule has 1 N–H and O–H groups in total. The molecule has 0 saturated heterocycles. The van der Waals surface area contributed by atoms with E-state index in [1.54, 1.807) is 0 Å². The van der Waals surface area contributed by atoms with E-state index in [9.17, 15) is 9.18 Å². The highest BCUT2D eigenvalue weighted by Crippen LogP contribution is 2.19. The van der Waals surface area contributed by atoms with E-state index in [0.29, 0.717) is 5.56 Å². The summed E-state index contributed by atoms with van der Waals surface area (Å²) in [5.41, 5.74) is 0.407. The first kappa shape index (κ1) is 11.3. The molecule has 0 saturated carbocycles. The lowest BCUT2D eigenvalue weighted by Crippen LogP contribution is -2.08. The molecule has 6 nitrogen and oxygen atoms in total. The molecule has 2 heterocycles. The van der Waals surface area contributed by atoms with Gasteiger partial charge in [0.15, 0.2) is 0 Å². The van der Waals surface area contributed by atoms with Crippen molar-refractivity contribution in [1.82, 2.24) is 20.1 Å². The number of hydrogen-bond acceptors (Lipinski definition) is 5. The Morgan fingerprint density at radius 3 is 2.74 bits per heavy atom. The summed E-state index contributed by atoms with van der Waals surface area (Å²) in [6.07, 6.45) is 2.60. The Labute approximate surface area is 105 Å². The zero-order valence-corrected chi connectivity index (χ0v) is 9.50. The number of aromatic amines is 1. The van der Waals surface area contributed by atoms with Gasteiger partial charge in [-0.3, -0.25) is 4.79 Å². The number of H-pyrrole nitrogens is 1. The second-order valence-electron chi connectivity index (χ2n) is 3.72. The first-order chi connectivity index (χ1) is 9.24. The predicted octanol–water partition coefficient (Wildman–Crippen LogP) is 1.63. The smallest absolute Gasteiger partial charge is 0.265 e. The Morgan fingerprint density at radius 2 is 2.00 bits per heavy atom. The van der Waals surface area contributed by atoms with Crippen molar-refractivity contribution in [2.24, 2.45) is 0 Å². The Hall–Kier alpha value is -2.83. The molecule has 3 rings (SSSR count). The maximum atomic E-state index is 12.8. The molecular formula is C12H7FN4O2. The molecule has 0 aliphatic carbocycles. The molecule has 94 valence electrons. The number of halogens is 1. The highest BCUT2D eigenvalue weighted by atomic mass is 19.1. The minimum absolute atomic E-state index is 0.0636. The van der Waals surface area contributed by atoms with Crippen molar-refractivity contribution in [3.05, 3.63) is 53.0 Å². The van der Waals surface area contributed by atoms with Crippen LogP contribution >= 0.6 is 0 Å². The quantitative estimate of drug-likeness (QED) is 0.755. The van der Waals surface area contributed by atoms with E-state index in [1.165, 1.54) is 36.8 Å². The average Bonchev–Trinajstić information content (AvgIpc) is 2.89. The fraction of sp³-hybridized carbons (Fsp3) is 0. The van der Waals surface area contributed by atoms with Crippen LogP contribution in [0.3, 0.4) is 0 Å². The van der Waals surface area contributed by atoms with Crippen LogP contribution in [-0.4, -0.2) is 20.1 Å². The van der Waals surface area contributed by atoms with E-state index < -0.39 is 0 Å². The Kier molecular flexibility index (Phi) is 2.64. The standard InChI is InChI=1S/C12H7FN4O2/c13-8-3-1-7(2-4-8)10-16-12(19-17-10)9-5-14-6-15-11(9)18/h1-6H,(H,14,15,18). The largest absolute Gasteiger partial charge is 0.333 e. The second-order valence-corrected chi connectivity index (χ2v) is 3.72. The van der Waals surface area contributed by atoms with Crippen molar-refractivity contribution >= 4 is 0 Å². The minimum Gasteiger partial charge on any atom is -0.333 e. The van der Waals surface area contributed by atoms with Crippen LogP contribution < -0.4 is 5.56 Å². The van der Waals surface area contributed by atoms with Gasteiger partial charge in [0, 0.05) is 11.8 Å². The van der Waals surface area contributed by atoms with E-state index in [0.717, 1.165) is 0 Å². The molecule has 2 aromatic heterocycles. The van der Waals surface area contributed by atoms with E-state index in [-0.39, 0.29) is 28.7 Å². The molecular weight excluding hydrogens is 251 g/mol. The molecule has 0 fully saturated rings. The highest BCUT2D eigenvalue weighted by Gasteiger charge is 2.13. The fourth-order valence-corrected chi connectivity index (χ4v) is 1.55. The van der Waals surface area contributed by atoms with Crippen LogP contribution in [0.1, 0.15) is 0 Å². The number of nitrogens with one attached hydrogen (secondary N) is 1. The second kappa shape index (κ2) is 4.45. The molecule has 7 heteroatoms. The van der Waals surface area contributed by atoms with Gasteiger partial charge in [0.1, 0.15) is 11.4 Å². The third-order valence-corrected chi connectivity index (χ3v) is 2.48. The van der Waals surface area contributed by atoms with Crippen molar-refractivity contribution in [3.8, 4) is 22.8 Å². The predicted molar refractivity (Wildman–Crippen MR) is 63.5 cm³/mol. The molecule has 19 heavy (non-hydrogen) atoms. The molecule has 0 atom stereocenters. The maximum Gasteiger partial charge on any atom is 0.265 e. The van der Waals surface area contributed by atoms with Gasteiger partial charge in [0.05, 0.1) is 6.33 Å². The number of hydrogen-bond donors (Lipinski definition) is 1. The van der Waals surface area contributed by atoms with Gasteiger partial charge < -0.3 is 9.51 Å². The maximum absolute atomic E-state index is 12.8. The number of nitrogens with zero attached hydrogens (tertiary/aromatic N) is 3. The van der Waals surface area contributed by atoms with Crippen molar-refractivity contribution in [2.75, 3.05) is 0 Å². The summed E-state index contributed by atoms with van der Waals surface area (Å²) in [6.45, 7) is 0. The molecule has 1 aromatic carbocycles. The topological polar surface area (TPSA) is 84.7 Å². The van der Waals surface area contributed by atoms with Crippen LogP contribution in [0.15, 0.2) is 46.1 Å². The first-order valence-corrected chi connectivity index (χ1v) is 5.37. The molecule has 0 amide bonds. The van der Waals surface area contributed by atoms with Crippen molar-refractivity contribution in [3.63, 3.8) is 0 Å². The van der Waals surface area contributed by atoms with Gasteiger partial charge in [-0.15, -0.1) is 0 Å². The summed E-state index contributed by atoms with van der Waals surface area (Å²) in [7, 11) is 0. The van der Waals surface area contributed by atoms with E-state index in [4.69, 9.17) is 4.52 Å². The zero-order valence-electron chi connectivity index (χ0n) is 9.50. The zero-order chi connectivity index (χ0) is 13.2. The van der Waals surface area contributed by atoms with Crippen LogP contribution in [0.25, 0.3) is 22.8 Å². The van der Waals surface area contributed by atoms with Gasteiger partial charge in [-0.1, -0.05) is 5.16 Å². The molecule has 0 unspecified atom stereocenters. The Morgan fingerprint density at radius 1 is 1.21 bits per heavy atom. The SMILES string of the molecule is O=c1[nH]cncc1-c1nc(-c2ccc(F)cc2)no1. The first-order valence-electron chi connectivity index (χ1n) is 5.37. The summed E-state index contributed by atoms with van der Waals surface area (Å²) in [4.78, 5) is 21.8. The van der Waals surface area contributed by atoms with Gasteiger partial charge >= 0.3 is 0 Å². The molecule has 0 radical (unpaired) electrons. The normalized spacial score (nSPS) is 10.6. The minimum atomic E-state index is -0.371. The summed E-state index contributed by atoms with van der Waals surface area (Å²) in [5.74, 6) is -0.0110. The lowest BCUT2D eigenvalue weighted by atomic mass is 10.2. The van der Waals surface area contributed by atoms with Crippen molar-refractivity contribution in [2.45, 2.75) is 0 Å². The van der Waals surface area contributed by atoms with Crippen LogP contribution in [0.4, 0.5) is 4.39 Å². The van der Waals surface area contributed by atoms with Gasteiger partial charge in [-0.05, 0) is 24.3 Å². The van der Waals surface area contributed by atoms with Crippen LogP contribution in [-0.2, 0) is 0 Å². The summed E-state index contributed by atoms with van der Waals surface area (Å²) in [6, 6.07) is 5.64. The van der Waals surface area contributed by atoms with E-state index >= 15 is 0 Å². The average molecular weight is 258 g/mol. The molecule has 0 aliphatic rings. The summed E-state index contributed by atoms with van der Waals surface area (Å²) in [5, 5.41) is 3.74. The molecule has 0 aliphatic heterocycles. The van der Waals surface area contributed by atoms with Crippen LogP contribution in [0.5, 0.6) is 0 Å². The molecule has 3 aromatic rings. The monoisotopic (exact) mass is 258 g/mol. The molecule has 0 spiro atoms. The number of benzene rings is 1. The van der Waals surface area contributed by atoms with Gasteiger partial charge in [0.25, 0.3) is 11.4 Å². The summed E-state index contributed by atoms with van der Waals surface area (Å²) >= 11 is 0. The van der Waals surface area contributed by atoms with Crippen molar-refractivity contribution < 1.29 is 8.91 Å². The third kappa shape index (κ3) is 2.13. The van der Waals surface area contributed by atoms with Crippen LogP contribution in [0, 0.1) is 5.82 Å². The molecule has 0 bridgehead atoms. The fourth-order valence-electron chi connectivity index (χ4n) is 1.55. The highest BCUT2D eigenvalue weighted by molar-refractivity contribution is 5.58. The number of aromatic nitrogens is 4. The lowest BCUT2D eigenvalue weighted by Gasteiger charge is -1.92. The van der Waals surface area contributed by atoms with E-state index in [1.807, 2.05) is 0 Å². The number of rotatable bonds is 2. The third-order valence-electron chi connectivity index (χ3n) is 2.48. The van der Waals surface area contributed by atoms with E-state index in [2.05, 4.69) is 20.1 Å². The lowest BCUT2D eigenvalue weighted by molar-refractivity contribution is 0.431. The Balaban J connectivity index is 2.02. The van der Waals surface area contributed by atoms with Gasteiger partial charge in [-0.25, -0.2) is 9.37 Å². The van der Waals surface area contributed by atoms with Crippen LogP contribution in [0.2, 0.25) is 0 Å². The Bertz CT molecular complexity index is 764.